The molecule has 0 heterocycles. The SMILES string of the molecule is COc1ccc(Cl)cc1NC(=O)c1ccc(Br)cc1F. The molecule has 0 saturated carbocycles. The van der Waals surface area contributed by atoms with E-state index in [1.165, 1.54) is 25.3 Å². The highest BCUT2D eigenvalue weighted by molar-refractivity contribution is 9.10. The first-order chi connectivity index (χ1) is 9.51. The Bertz CT molecular complexity index is 664. The molecule has 2 aromatic carbocycles. The van der Waals surface area contributed by atoms with Crippen molar-refractivity contribution in [1.82, 2.24) is 0 Å². The number of anilines is 1. The summed E-state index contributed by atoms with van der Waals surface area (Å²) >= 11 is 9.00. The number of nitrogens with one attached hydrogen (secondary N) is 1. The van der Waals surface area contributed by atoms with Gasteiger partial charge in [0, 0.05) is 9.50 Å². The molecule has 3 nitrogen and oxygen atoms in total. The van der Waals surface area contributed by atoms with Crippen molar-refractivity contribution in [3.05, 3.63) is 57.3 Å². The van der Waals surface area contributed by atoms with E-state index >= 15 is 0 Å². The zero-order valence-electron chi connectivity index (χ0n) is 10.4. The van der Waals surface area contributed by atoms with E-state index in [1.807, 2.05) is 0 Å². The summed E-state index contributed by atoms with van der Waals surface area (Å²) in [5.41, 5.74) is 0.322. The minimum absolute atomic E-state index is 0.0600. The highest BCUT2D eigenvalue weighted by Crippen LogP contribution is 2.28. The lowest BCUT2D eigenvalue weighted by molar-refractivity contribution is 0.102. The summed E-state index contributed by atoms with van der Waals surface area (Å²) in [6, 6.07) is 9.00. The summed E-state index contributed by atoms with van der Waals surface area (Å²) in [6.45, 7) is 0. The molecule has 104 valence electrons. The number of methoxy groups -OCH3 is 1. The lowest BCUT2D eigenvalue weighted by atomic mass is 10.2. The van der Waals surface area contributed by atoms with Gasteiger partial charge in [-0.15, -0.1) is 0 Å². The van der Waals surface area contributed by atoms with Crippen LogP contribution in [0.3, 0.4) is 0 Å². The van der Waals surface area contributed by atoms with Gasteiger partial charge in [0.15, 0.2) is 0 Å². The average molecular weight is 359 g/mol. The molecule has 0 aliphatic rings. The minimum atomic E-state index is -0.613. The quantitative estimate of drug-likeness (QED) is 0.877. The molecule has 1 amide bonds. The third-order valence-electron chi connectivity index (χ3n) is 2.59. The van der Waals surface area contributed by atoms with E-state index in [2.05, 4.69) is 21.2 Å². The van der Waals surface area contributed by atoms with Gasteiger partial charge >= 0.3 is 0 Å². The van der Waals surface area contributed by atoms with Crippen LogP contribution in [0, 0.1) is 5.82 Å². The molecule has 0 aliphatic carbocycles. The van der Waals surface area contributed by atoms with E-state index < -0.39 is 11.7 Å². The smallest absolute Gasteiger partial charge is 0.258 e. The van der Waals surface area contributed by atoms with Crippen molar-refractivity contribution in [2.75, 3.05) is 12.4 Å². The molecule has 0 aliphatic heterocycles. The van der Waals surface area contributed by atoms with Gasteiger partial charge in [-0.3, -0.25) is 4.79 Å². The largest absolute Gasteiger partial charge is 0.495 e. The van der Waals surface area contributed by atoms with Crippen LogP contribution >= 0.6 is 27.5 Å². The maximum Gasteiger partial charge on any atom is 0.258 e. The lowest BCUT2D eigenvalue weighted by Gasteiger charge is -2.11. The first kappa shape index (κ1) is 14.8. The van der Waals surface area contributed by atoms with Crippen molar-refractivity contribution < 1.29 is 13.9 Å². The van der Waals surface area contributed by atoms with Crippen LogP contribution in [0.5, 0.6) is 5.75 Å². The Kier molecular flexibility index (Phi) is 4.62. The number of hydrogen-bond acceptors (Lipinski definition) is 2. The van der Waals surface area contributed by atoms with Gasteiger partial charge in [0.2, 0.25) is 0 Å². The van der Waals surface area contributed by atoms with Crippen LogP contribution in [-0.2, 0) is 0 Å². The average Bonchev–Trinajstić information content (AvgIpc) is 2.38. The van der Waals surface area contributed by atoms with E-state index in [1.54, 1.807) is 18.2 Å². The van der Waals surface area contributed by atoms with Crippen molar-refractivity contribution in [3.8, 4) is 5.75 Å². The first-order valence-electron chi connectivity index (χ1n) is 5.61. The fraction of sp³-hybridized carbons (Fsp3) is 0.0714. The highest BCUT2D eigenvalue weighted by atomic mass is 79.9. The van der Waals surface area contributed by atoms with Gasteiger partial charge in [0.05, 0.1) is 18.4 Å². The molecule has 0 fully saturated rings. The summed E-state index contributed by atoms with van der Waals surface area (Å²) < 4.78 is 19.4. The zero-order valence-corrected chi connectivity index (χ0v) is 12.8. The molecule has 0 saturated heterocycles. The molecule has 0 aromatic heterocycles. The predicted octanol–water partition coefficient (Wildman–Crippen LogP) is 4.50. The fourth-order valence-corrected chi connectivity index (χ4v) is 2.15. The first-order valence-corrected chi connectivity index (χ1v) is 6.78. The Morgan fingerprint density at radius 2 is 2.05 bits per heavy atom. The topological polar surface area (TPSA) is 38.3 Å². The Morgan fingerprint density at radius 3 is 2.70 bits per heavy atom. The van der Waals surface area contributed by atoms with Crippen LogP contribution in [0.15, 0.2) is 40.9 Å². The number of rotatable bonds is 3. The molecule has 0 radical (unpaired) electrons. The van der Waals surface area contributed by atoms with Gasteiger partial charge in [0.25, 0.3) is 5.91 Å². The third kappa shape index (κ3) is 3.29. The number of hydrogen-bond donors (Lipinski definition) is 1. The van der Waals surface area contributed by atoms with E-state index in [0.717, 1.165) is 0 Å². The summed E-state index contributed by atoms with van der Waals surface area (Å²) in [7, 11) is 1.47. The molecule has 0 atom stereocenters. The fourth-order valence-electron chi connectivity index (χ4n) is 1.64. The third-order valence-corrected chi connectivity index (χ3v) is 3.31. The van der Waals surface area contributed by atoms with Crippen LogP contribution in [-0.4, -0.2) is 13.0 Å². The highest BCUT2D eigenvalue weighted by Gasteiger charge is 2.14. The van der Waals surface area contributed by atoms with Crippen molar-refractivity contribution >= 4 is 39.1 Å². The predicted molar refractivity (Wildman–Crippen MR) is 80.1 cm³/mol. The Labute approximate surface area is 128 Å². The van der Waals surface area contributed by atoms with Gasteiger partial charge in [-0.05, 0) is 36.4 Å². The van der Waals surface area contributed by atoms with Gasteiger partial charge in [-0.25, -0.2) is 4.39 Å². The van der Waals surface area contributed by atoms with E-state index in [4.69, 9.17) is 16.3 Å². The van der Waals surface area contributed by atoms with Crippen LogP contribution in [0.25, 0.3) is 0 Å². The Hall–Kier alpha value is -1.59. The summed E-state index contributed by atoms with van der Waals surface area (Å²) in [5, 5.41) is 3.02. The Morgan fingerprint density at radius 1 is 1.30 bits per heavy atom. The normalized spacial score (nSPS) is 10.2. The molecule has 0 spiro atoms. The number of carbonyl (C=O) groups excluding carboxylic acids is 1. The molecule has 1 N–H and O–H groups in total. The second-order valence-corrected chi connectivity index (χ2v) is 5.28. The monoisotopic (exact) mass is 357 g/mol. The molecule has 20 heavy (non-hydrogen) atoms. The summed E-state index contributed by atoms with van der Waals surface area (Å²) in [5.74, 6) is -0.742. The number of carbonyl (C=O) groups is 1. The summed E-state index contributed by atoms with van der Waals surface area (Å²) in [6.07, 6.45) is 0. The van der Waals surface area contributed by atoms with Crippen LogP contribution in [0.2, 0.25) is 5.02 Å². The lowest BCUT2D eigenvalue weighted by Crippen LogP contribution is -2.14. The number of amides is 1. The molecule has 0 unspecified atom stereocenters. The molecule has 0 bridgehead atoms. The van der Waals surface area contributed by atoms with Crippen molar-refractivity contribution in [2.45, 2.75) is 0 Å². The Balaban J connectivity index is 2.30. The second-order valence-electron chi connectivity index (χ2n) is 3.92. The maximum absolute atomic E-state index is 13.7. The van der Waals surface area contributed by atoms with Crippen molar-refractivity contribution in [3.63, 3.8) is 0 Å². The van der Waals surface area contributed by atoms with Crippen molar-refractivity contribution in [1.29, 1.82) is 0 Å². The number of ether oxygens (including phenoxy) is 1. The molecular weight excluding hydrogens is 349 g/mol. The second kappa shape index (κ2) is 6.24. The number of halogens is 3. The van der Waals surface area contributed by atoms with Crippen LogP contribution < -0.4 is 10.1 Å². The van der Waals surface area contributed by atoms with E-state index in [0.29, 0.717) is 20.9 Å². The van der Waals surface area contributed by atoms with Crippen molar-refractivity contribution in [2.24, 2.45) is 0 Å². The van der Waals surface area contributed by atoms with E-state index in [-0.39, 0.29) is 5.56 Å². The zero-order chi connectivity index (χ0) is 14.7. The molecular formula is C14H10BrClFNO2. The van der Waals surface area contributed by atoms with Gasteiger partial charge in [-0.1, -0.05) is 27.5 Å². The van der Waals surface area contributed by atoms with Gasteiger partial charge in [0.1, 0.15) is 11.6 Å². The summed E-state index contributed by atoms with van der Waals surface area (Å²) in [4.78, 5) is 12.1. The molecule has 2 aromatic rings. The molecule has 6 heteroatoms. The van der Waals surface area contributed by atoms with Gasteiger partial charge in [-0.2, -0.15) is 0 Å². The van der Waals surface area contributed by atoms with Crippen LogP contribution in [0.4, 0.5) is 10.1 Å². The van der Waals surface area contributed by atoms with Gasteiger partial charge < -0.3 is 10.1 Å². The van der Waals surface area contributed by atoms with E-state index in [9.17, 15) is 9.18 Å². The van der Waals surface area contributed by atoms with Crippen LogP contribution in [0.1, 0.15) is 10.4 Å². The minimum Gasteiger partial charge on any atom is -0.495 e. The molecule has 2 rings (SSSR count). The standard InChI is InChI=1S/C14H10BrClFNO2/c1-20-13-5-3-9(16)7-12(13)18-14(19)10-4-2-8(15)6-11(10)17/h2-7H,1H3,(H,18,19). The maximum atomic E-state index is 13.7. The number of benzene rings is 2.